The van der Waals surface area contributed by atoms with Gasteiger partial charge in [0.1, 0.15) is 11.8 Å². The molecule has 0 unspecified atom stereocenters. The van der Waals surface area contributed by atoms with Crippen molar-refractivity contribution in [2.75, 3.05) is 30.3 Å². The summed E-state index contributed by atoms with van der Waals surface area (Å²) in [6.07, 6.45) is 2.51. The third kappa shape index (κ3) is 9.77. The lowest BCUT2D eigenvalue weighted by Crippen LogP contribution is -2.50. The van der Waals surface area contributed by atoms with Gasteiger partial charge in [-0.15, -0.1) is 0 Å². The van der Waals surface area contributed by atoms with Crippen molar-refractivity contribution >= 4 is 39.1 Å². The van der Waals surface area contributed by atoms with Crippen LogP contribution in [0.1, 0.15) is 44.2 Å². The Balaban J connectivity index is 1.89. The molecule has 3 rings (SSSR count). The van der Waals surface area contributed by atoms with Gasteiger partial charge in [-0.3, -0.25) is 13.9 Å². The number of nitrogens with one attached hydrogen (secondary N) is 1. The van der Waals surface area contributed by atoms with E-state index in [4.69, 9.17) is 16.3 Å². The SMILES string of the molecule is CCCNC(=O)[C@H](Cc1ccccc1)N(Cc1cccc(Cl)c1)C(=O)CCCN(c1ccccc1OCC)S(C)(=O)=O. The highest BCUT2D eigenvalue weighted by atomic mass is 35.5. The van der Waals surface area contributed by atoms with Crippen LogP contribution < -0.4 is 14.4 Å². The Hall–Kier alpha value is -3.56. The molecular formula is C32H40ClN3O5S. The van der Waals surface area contributed by atoms with Crippen molar-refractivity contribution in [2.45, 2.75) is 52.1 Å². The number of ether oxygens (including phenoxy) is 1. The van der Waals surface area contributed by atoms with E-state index in [1.807, 2.05) is 56.3 Å². The number of sulfonamides is 1. The number of para-hydroxylation sites is 2. The number of halogens is 1. The summed E-state index contributed by atoms with van der Waals surface area (Å²) < 4.78 is 32.5. The van der Waals surface area contributed by atoms with Crippen molar-refractivity contribution in [1.29, 1.82) is 0 Å². The van der Waals surface area contributed by atoms with Crippen LogP contribution >= 0.6 is 11.6 Å². The molecule has 2 amide bonds. The molecule has 8 nitrogen and oxygen atoms in total. The van der Waals surface area contributed by atoms with Crippen LogP contribution in [0.5, 0.6) is 5.75 Å². The lowest BCUT2D eigenvalue weighted by molar-refractivity contribution is -0.141. The number of amides is 2. The summed E-state index contributed by atoms with van der Waals surface area (Å²) in [5.74, 6) is -0.0385. The second-order valence-electron chi connectivity index (χ2n) is 9.99. The van der Waals surface area contributed by atoms with Gasteiger partial charge in [0, 0.05) is 37.5 Å². The van der Waals surface area contributed by atoms with Crippen LogP contribution in [-0.4, -0.2) is 57.1 Å². The van der Waals surface area contributed by atoms with Gasteiger partial charge in [0.25, 0.3) is 0 Å². The first-order valence-electron chi connectivity index (χ1n) is 14.2. The first-order chi connectivity index (χ1) is 20.1. The van der Waals surface area contributed by atoms with Crippen molar-refractivity contribution in [3.63, 3.8) is 0 Å². The Morgan fingerprint density at radius 3 is 2.31 bits per heavy atom. The lowest BCUT2D eigenvalue weighted by atomic mass is 10.0. The summed E-state index contributed by atoms with van der Waals surface area (Å²) >= 11 is 6.25. The maximum Gasteiger partial charge on any atom is 0.243 e. The number of anilines is 1. The van der Waals surface area contributed by atoms with Crippen molar-refractivity contribution in [3.05, 3.63) is 95.0 Å². The molecule has 42 heavy (non-hydrogen) atoms. The van der Waals surface area contributed by atoms with E-state index in [0.717, 1.165) is 23.8 Å². The first-order valence-corrected chi connectivity index (χ1v) is 16.4. The highest BCUT2D eigenvalue weighted by Gasteiger charge is 2.30. The summed E-state index contributed by atoms with van der Waals surface area (Å²) in [6, 6.07) is 23.0. The third-order valence-corrected chi connectivity index (χ3v) is 8.06. The predicted molar refractivity (Wildman–Crippen MR) is 168 cm³/mol. The van der Waals surface area contributed by atoms with Gasteiger partial charge < -0.3 is 15.0 Å². The number of nitrogens with zero attached hydrogens (tertiary/aromatic N) is 2. The zero-order valence-electron chi connectivity index (χ0n) is 24.5. The van der Waals surface area contributed by atoms with Crippen LogP contribution in [0.4, 0.5) is 5.69 Å². The van der Waals surface area contributed by atoms with Gasteiger partial charge in [-0.1, -0.05) is 73.1 Å². The average Bonchev–Trinajstić information content (AvgIpc) is 2.96. The van der Waals surface area contributed by atoms with Gasteiger partial charge >= 0.3 is 0 Å². The molecule has 0 aliphatic rings. The van der Waals surface area contributed by atoms with E-state index < -0.39 is 16.1 Å². The molecule has 1 N–H and O–H groups in total. The Kier molecular flexibility index (Phi) is 12.7. The zero-order valence-corrected chi connectivity index (χ0v) is 26.0. The minimum atomic E-state index is -3.66. The van der Waals surface area contributed by atoms with Crippen LogP contribution in [0.3, 0.4) is 0 Å². The van der Waals surface area contributed by atoms with Crippen molar-refractivity contribution < 1.29 is 22.7 Å². The molecule has 0 aromatic heterocycles. The fourth-order valence-electron chi connectivity index (χ4n) is 4.68. The Bertz CT molecular complexity index is 1420. The molecular weight excluding hydrogens is 574 g/mol. The van der Waals surface area contributed by atoms with Crippen LogP contribution in [-0.2, 0) is 32.6 Å². The molecule has 3 aromatic rings. The number of hydrogen-bond acceptors (Lipinski definition) is 5. The van der Waals surface area contributed by atoms with E-state index in [-0.39, 0.29) is 37.7 Å². The van der Waals surface area contributed by atoms with Crippen molar-refractivity contribution in [1.82, 2.24) is 10.2 Å². The molecule has 0 spiro atoms. The maximum absolute atomic E-state index is 13.9. The topological polar surface area (TPSA) is 96.0 Å². The van der Waals surface area contributed by atoms with E-state index in [0.29, 0.717) is 36.0 Å². The predicted octanol–water partition coefficient (Wildman–Crippen LogP) is 5.45. The van der Waals surface area contributed by atoms with Gasteiger partial charge in [0.05, 0.1) is 18.6 Å². The molecule has 0 aliphatic carbocycles. The number of rotatable bonds is 16. The normalized spacial score (nSPS) is 11.9. The highest BCUT2D eigenvalue weighted by molar-refractivity contribution is 7.92. The van der Waals surface area contributed by atoms with Crippen LogP contribution in [0.25, 0.3) is 0 Å². The van der Waals surface area contributed by atoms with Crippen LogP contribution in [0, 0.1) is 0 Å². The second kappa shape index (κ2) is 16.2. The summed E-state index contributed by atoms with van der Waals surface area (Å²) in [4.78, 5) is 29.0. The van der Waals surface area contributed by atoms with Gasteiger partial charge in [-0.05, 0) is 55.2 Å². The molecule has 0 fully saturated rings. The number of carbonyl (C=O) groups is 2. The van der Waals surface area contributed by atoms with Gasteiger partial charge in [-0.25, -0.2) is 8.42 Å². The molecule has 0 aliphatic heterocycles. The highest BCUT2D eigenvalue weighted by Crippen LogP contribution is 2.30. The molecule has 0 saturated heterocycles. The maximum atomic E-state index is 13.9. The summed E-state index contributed by atoms with van der Waals surface area (Å²) in [5, 5.41) is 3.49. The van der Waals surface area contributed by atoms with E-state index in [1.54, 1.807) is 41.3 Å². The number of carbonyl (C=O) groups excluding carboxylic acids is 2. The Morgan fingerprint density at radius 1 is 0.952 bits per heavy atom. The summed E-state index contributed by atoms with van der Waals surface area (Å²) in [7, 11) is -3.66. The first kappa shape index (κ1) is 32.9. The van der Waals surface area contributed by atoms with Crippen LogP contribution in [0.15, 0.2) is 78.9 Å². The second-order valence-corrected chi connectivity index (χ2v) is 12.3. The average molecular weight is 614 g/mol. The lowest BCUT2D eigenvalue weighted by Gasteiger charge is -2.32. The molecule has 0 bridgehead atoms. The minimum Gasteiger partial charge on any atom is -0.492 e. The van der Waals surface area contributed by atoms with E-state index in [1.165, 1.54) is 4.31 Å². The summed E-state index contributed by atoms with van der Waals surface area (Å²) in [5.41, 5.74) is 2.14. The van der Waals surface area contributed by atoms with Gasteiger partial charge in [0.2, 0.25) is 21.8 Å². The van der Waals surface area contributed by atoms with Gasteiger partial charge in [-0.2, -0.15) is 0 Å². The van der Waals surface area contributed by atoms with E-state index in [9.17, 15) is 18.0 Å². The molecule has 0 saturated carbocycles. The van der Waals surface area contributed by atoms with Crippen molar-refractivity contribution in [2.24, 2.45) is 0 Å². The fraction of sp³-hybridized carbons (Fsp3) is 0.375. The summed E-state index contributed by atoms with van der Waals surface area (Å²) in [6.45, 7) is 4.93. The molecule has 226 valence electrons. The third-order valence-electron chi connectivity index (χ3n) is 6.65. The number of hydrogen-bond donors (Lipinski definition) is 1. The fourth-order valence-corrected chi connectivity index (χ4v) is 5.86. The molecule has 1 atom stereocenters. The van der Waals surface area contributed by atoms with Crippen LogP contribution in [0.2, 0.25) is 5.02 Å². The number of benzene rings is 3. The molecule has 3 aromatic carbocycles. The zero-order chi connectivity index (χ0) is 30.5. The Morgan fingerprint density at radius 2 is 1.64 bits per heavy atom. The quantitative estimate of drug-likeness (QED) is 0.232. The monoisotopic (exact) mass is 613 g/mol. The molecule has 10 heteroatoms. The van der Waals surface area contributed by atoms with E-state index >= 15 is 0 Å². The van der Waals surface area contributed by atoms with Crippen molar-refractivity contribution in [3.8, 4) is 5.75 Å². The molecule has 0 radical (unpaired) electrons. The standard InChI is InChI=1S/C32H40ClN3O5S/c1-4-20-34-32(38)29(23-25-13-7-6-8-14-25)35(24-26-15-11-16-27(33)22-26)31(37)19-12-21-36(42(3,39)40)28-17-9-10-18-30(28)41-5-2/h6-11,13-18,22,29H,4-5,12,19-21,23-24H2,1-3H3,(H,34,38)/t29-/m0/s1. The Labute approximate surface area is 254 Å². The largest absolute Gasteiger partial charge is 0.492 e. The molecule has 0 heterocycles. The van der Waals surface area contributed by atoms with E-state index in [2.05, 4.69) is 5.32 Å². The smallest absolute Gasteiger partial charge is 0.243 e. The van der Waals surface area contributed by atoms with Gasteiger partial charge in [0.15, 0.2) is 0 Å². The minimum absolute atomic E-state index is 0.0374.